The van der Waals surface area contributed by atoms with Crippen LogP contribution in [-0.2, 0) is 17.6 Å². The smallest absolute Gasteiger partial charge is 0.112 e. The number of aromatic nitrogens is 2. The van der Waals surface area contributed by atoms with Crippen molar-refractivity contribution in [1.29, 1.82) is 0 Å². The number of hydrogen-bond acceptors (Lipinski definition) is 3. The fourth-order valence-electron chi connectivity index (χ4n) is 2.47. The van der Waals surface area contributed by atoms with Crippen molar-refractivity contribution in [2.45, 2.75) is 37.6 Å². The van der Waals surface area contributed by atoms with Gasteiger partial charge in [0.2, 0.25) is 0 Å². The normalized spacial score (nSPS) is 30.5. The summed E-state index contributed by atoms with van der Waals surface area (Å²) in [7, 11) is 0. The van der Waals surface area contributed by atoms with E-state index in [4.69, 9.17) is 10.5 Å². The standard InChI is InChI=1S/C11H17N3O/c12-8-1-2-9-10(5-8)14-11(13-9)7-3-4-15-6-7/h7-8H,1-6,12H2,(H,13,14). The van der Waals surface area contributed by atoms with E-state index >= 15 is 0 Å². The molecule has 1 fully saturated rings. The number of imidazole rings is 1. The van der Waals surface area contributed by atoms with Crippen molar-refractivity contribution in [3.63, 3.8) is 0 Å². The van der Waals surface area contributed by atoms with E-state index in [9.17, 15) is 0 Å². The molecule has 0 bridgehead atoms. The Morgan fingerprint density at radius 2 is 2.33 bits per heavy atom. The van der Waals surface area contributed by atoms with Crippen molar-refractivity contribution in [2.75, 3.05) is 13.2 Å². The summed E-state index contributed by atoms with van der Waals surface area (Å²) in [6.45, 7) is 1.69. The maximum atomic E-state index is 5.94. The Hall–Kier alpha value is -0.870. The predicted octanol–water partition coefficient (Wildman–Crippen LogP) is 0.730. The summed E-state index contributed by atoms with van der Waals surface area (Å²) in [5, 5.41) is 0. The van der Waals surface area contributed by atoms with Gasteiger partial charge < -0.3 is 15.5 Å². The molecule has 0 radical (unpaired) electrons. The average Bonchev–Trinajstić information content (AvgIpc) is 2.84. The van der Waals surface area contributed by atoms with E-state index in [-0.39, 0.29) is 0 Å². The average molecular weight is 207 g/mol. The number of rotatable bonds is 1. The second-order valence-electron chi connectivity index (χ2n) is 4.61. The molecule has 0 amide bonds. The molecule has 1 aromatic rings. The molecule has 2 heterocycles. The summed E-state index contributed by atoms with van der Waals surface area (Å²) < 4.78 is 5.38. The van der Waals surface area contributed by atoms with E-state index in [0.717, 1.165) is 44.7 Å². The SMILES string of the molecule is NC1CCc2nc(C3CCOC3)[nH]c2C1. The first-order valence-corrected chi connectivity index (χ1v) is 5.74. The van der Waals surface area contributed by atoms with Crippen molar-refractivity contribution in [3.05, 3.63) is 17.2 Å². The number of aromatic amines is 1. The zero-order valence-electron chi connectivity index (χ0n) is 8.83. The minimum atomic E-state index is 0.311. The van der Waals surface area contributed by atoms with Gasteiger partial charge in [-0.05, 0) is 19.3 Å². The molecule has 1 saturated heterocycles. The fraction of sp³-hybridized carbons (Fsp3) is 0.727. The quantitative estimate of drug-likeness (QED) is 0.713. The summed E-state index contributed by atoms with van der Waals surface area (Å²) in [6, 6.07) is 0.311. The van der Waals surface area contributed by atoms with Gasteiger partial charge in [0.05, 0.1) is 12.3 Å². The Morgan fingerprint density at radius 3 is 3.13 bits per heavy atom. The number of hydrogen-bond donors (Lipinski definition) is 2. The molecule has 2 unspecified atom stereocenters. The minimum absolute atomic E-state index is 0.311. The molecule has 82 valence electrons. The van der Waals surface area contributed by atoms with Crippen LogP contribution in [0.5, 0.6) is 0 Å². The van der Waals surface area contributed by atoms with Crippen LogP contribution in [0.4, 0.5) is 0 Å². The van der Waals surface area contributed by atoms with Gasteiger partial charge in [-0.3, -0.25) is 0 Å². The lowest BCUT2D eigenvalue weighted by atomic mass is 9.97. The van der Waals surface area contributed by atoms with Crippen LogP contribution in [0, 0.1) is 0 Å². The van der Waals surface area contributed by atoms with Crippen LogP contribution in [0.15, 0.2) is 0 Å². The highest BCUT2D eigenvalue weighted by atomic mass is 16.5. The molecule has 0 aromatic carbocycles. The number of nitrogens with two attached hydrogens (primary N) is 1. The molecule has 2 aliphatic rings. The van der Waals surface area contributed by atoms with Crippen molar-refractivity contribution >= 4 is 0 Å². The number of nitrogens with zero attached hydrogens (tertiary/aromatic N) is 1. The van der Waals surface area contributed by atoms with E-state index in [1.807, 2.05) is 0 Å². The molecule has 0 spiro atoms. The minimum Gasteiger partial charge on any atom is -0.381 e. The number of ether oxygens (including phenoxy) is 1. The van der Waals surface area contributed by atoms with Crippen LogP contribution in [0.1, 0.15) is 36.0 Å². The monoisotopic (exact) mass is 207 g/mol. The fourth-order valence-corrected chi connectivity index (χ4v) is 2.47. The van der Waals surface area contributed by atoms with Gasteiger partial charge >= 0.3 is 0 Å². The highest BCUT2D eigenvalue weighted by Gasteiger charge is 2.25. The van der Waals surface area contributed by atoms with Crippen LogP contribution in [0.3, 0.4) is 0 Å². The lowest BCUT2D eigenvalue weighted by Gasteiger charge is -2.16. The third-order valence-corrected chi connectivity index (χ3v) is 3.42. The van der Waals surface area contributed by atoms with Crippen molar-refractivity contribution < 1.29 is 4.74 Å². The molecule has 4 heteroatoms. The number of H-pyrrole nitrogens is 1. The second kappa shape index (κ2) is 3.61. The van der Waals surface area contributed by atoms with E-state index in [1.54, 1.807) is 0 Å². The van der Waals surface area contributed by atoms with Crippen molar-refractivity contribution in [3.8, 4) is 0 Å². The Labute approximate surface area is 89.2 Å². The molecule has 2 atom stereocenters. The number of nitrogens with one attached hydrogen (secondary N) is 1. The lowest BCUT2D eigenvalue weighted by molar-refractivity contribution is 0.193. The summed E-state index contributed by atoms with van der Waals surface area (Å²) in [5.41, 5.74) is 8.43. The largest absolute Gasteiger partial charge is 0.381 e. The zero-order chi connectivity index (χ0) is 10.3. The third-order valence-electron chi connectivity index (χ3n) is 3.42. The van der Waals surface area contributed by atoms with Gasteiger partial charge in [-0.1, -0.05) is 0 Å². The Balaban J connectivity index is 1.85. The van der Waals surface area contributed by atoms with Gasteiger partial charge in [0, 0.05) is 30.7 Å². The summed E-state index contributed by atoms with van der Waals surface area (Å²) >= 11 is 0. The molecular weight excluding hydrogens is 190 g/mol. The summed E-state index contributed by atoms with van der Waals surface area (Å²) in [4.78, 5) is 8.11. The Morgan fingerprint density at radius 1 is 1.40 bits per heavy atom. The molecule has 3 rings (SSSR count). The predicted molar refractivity (Wildman–Crippen MR) is 56.8 cm³/mol. The third kappa shape index (κ3) is 1.68. The molecule has 1 aliphatic carbocycles. The topological polar surface area (TPSA) is 63.9 Å². The molecule has 0 saturated carbocycles. The van der Waals surface area contributed by atoms with Gasteiger partial charge in [-0.2, -0.15) is 0 Å². The lowest BCUT2D eigenvalue weighted by Crippen LogP contribution is -2.27. The Kier molecular flexibility index (Phi) is 2.25. The Bertz CT molecular complexity index is 355. The first kappa shape index (κ1) is 9.36. The van der Waals surface area contributed by atoms with E-state index in [2.05, 4.69) is 9.97 Å². The van der Waals surface area contributed by atoms with Gasteiger partial charge in [-0.15, -0.1) is 0 Å². The van der Waals surface area contributed by atoms with Crippen LogP contribution < -0.4 is 5.73 Å². The van der Waals surface area contributed by atoms with Gasteiger partial charge in [0.1, 0.15) is 5.82 Å². The van der Waals surface area contributed by atoms with Crippen LogP contribution in [0.25, 0.3) is 0 Å². The number of aryl methyl sites for hydroxylation is 1. The highest BCUT2D eigenvalue weighted by Crippen LogP contribution is 2.26. The first-order valence-electron chi connectivity index (χ1n) is 5.74. The van der Waals surface area contributed by atoms with Crippen molar-refractivity contribution in [1.82, 2.24) is 9.97 Å². The molecular formula is C11H17N3O. The second-order valence-corrected chi connectivity index (χ2v) is 4.61. The van der Waals surface area contributed by atoms with E-state index in [0.29, 0.717) is 12.0 Å². The summed E-state index contributed by atoms with van der Waals surface area (Å²) in [6.07, 6.45) is 4.15. The molecule has 15 heavy (non-hydrogen) atoms. The maximum absolute atomic E-state index is 5.94. The maximum Gasteiger partial charge on any atom is 0.112 e. The molecule has 1 aromatic heterocycles. The molecule has 3 N–H and O–H groups in total. The van der Waals surface area contributed by atoms with Crippen molar-refractivity contribution in [2.24, 2.45) is 5.73 Å². The molecule has 4 nitrogen and oxygen atoms in total. The van der Waals surface area contributed by atoms with Gasteiger partial charge in [-0.25, -0.2) is 4.98 Å². The van der Waals surface area contributed by atoms with Crippen LogP contribution in [0.2, 0.25) is 0 Å². The van der Waals surface area contributed by atoms with E-state index < -0.39 is 0 Å². The zero-order valence-corrected chi connectivity index (χ0v) is 8.83. The highest BCUT2D eigenvalue weighted by molar-refractivity contribution is 5.21. The van der Waals surface area contributed by atoms with Gasteiger partial charge in [0.25, 0.3) is 0 Å². The molecule has 1 aliphatic heterocycles. The number of fused-ring (bicyclic) bond motifs is 1. The summed E-state index contributed by atoms with van der Waals surface area (Å²) in [5.74, 6) is 1.60. The van der Waals surface area contributed by atoms with E-state index in [1.165, 1.54) is 11.4 Å². The van der Waals surface area contributed by atoms with Gasteiger partial charge in [0.15, 0.2) is 0 Å². The van der Waals surface area contributed by atoms with Crippen LogP contribution in [-0.4, -0.2) is 29.2 Å². The van der Waals surface area contributed by atoms with Crippen LogP contribution >= 0.6 is 0 Å². The first-order chi connectivity index (χ1) is 7.33.